The minimum atomic E-state index is 0.153. The van der Waals surface area contributed by atoms with E-state index < -0.39 is 0 Å². The Kier molecular flexibility index (Phi) is 3.31. The van der Waals surface area contributed by atoms with Gasteiger partial charge in [0, 0.05) is 24.9 Å². The Labute approximate surface area is 112 Å². The van der Waals surface area contributed by atoms with Gasteiger partial charge in [-0.05, 0) is 24.0 Å². The lowest BCUT2D eigenvalue weighted by molar-refractivity contribution is -0.122. The number of carbonyl (C=O) groups is 1. The van der Waals surface area contributed by atoms with Crippen LogP contribution in [0.4, 0.5) is 0 Å². The van der Waals surface area contributed by atoms with E-state index in [9.17, 15) is 4.79 Å². The predicted molar refractivity (Wildman–Crippen MR) is 72.5 cm³/mol. The number of hydrogen-bond acceptors (Lipinski definition) is 2. The summed E-state index contributed by atoms with van der Waals surface area (Å²) in [5, 5.41) is 7.08. The second-order valence-corrected chi connectivity index (χ2v) is 4.92. The number of benzene rings is 1. The van der Waals surface area contributed by atoms with Gasteiger partial charge < -0.3 is 5.32 Å². The fourth-order valence-corrected chi connectivity index (χ4v) is 2.41. The maximum atomic E-state index is 12.0. The van der Waals surface area contributed by atoms with Crippen LogP contribution in [-0.4, -0.2) is 22.2 Å². The summed E-state index contributed by atoms with van der Waals surface area (Å²) in [5.41, 5.74) is 1.27. The van der Waals surface area contributed by atoms with Crippen LogP contribution in [0.15, 0.2) is 48.8 Å². The van der Waals surface area contributed by atoms with Crippen molar-refractivity contribution in [1.29, 1.82) is 0 Å². The number of hydrogen-bond donors (Lipinski definition) is 1. The first-order valence-corrected chi connectivity index (χ1v) is 6.64. The van der Waals surface area contributed by atoms with Crippen LogP contribution in [0.2, 0.25) is 0 Å². The smallest absolute Gasteiger partial charge is 0.223 e. The van der Waals surface area contributed by atoms with Crippen molar-refractivity contribution in [3.63, 3.8) is 0 Å². The summed E-state index contributed by atoms with van der Waals surface area (Å²) in [6.07, 6.45) is 4.61. The molecule has 0 radical (unpaired) electrons. The van der Waals surface area contributed by atoms with Crippen molar-refractivity contribution in [2.24, 2.45) is 5.92 Å². The first-order valence-electron chi connectivity index (χ1n) is 6.64. The third-order valence-electron chi connectivity index (χ3n) is 3.55. The Hall–Kier alpha value is -2.10. The van der Waals surface area contributed by atoms with Crippen molar-refractivity contribution in [3.8, 4) is 0 Å². The molecule has 2 aromatic rings. The van der Waals surface area contributed by atoms with E-state index in [2.05, 4.69) is 22.5 Å². The lowest BCUT2D eigenvalue weighted by Gasteiger charge is -2.05. The molecule has 1 fully saturated rings. The molecule has 98 valence electrons. The molecule has 0 spiro atoms. The number of amides is 1. The van der Waals surface area contributed by atoms with E-state index in [1.54, 1.807) is 6.20 Å². The number of nitrogens with one attached hydrogen (secondary N) is 1. The van der Waals surface area contributed by atoms with E-state index in [4.69, 9.17) is 0 Å². The number of carbonyl (C=O) groups excluding carboxylic acids is 1. The average molecular weight is 255 g/mol. The number of nitrogens with zero attached hydrogens (tertiary/aromatic N) is 2. The molecule has 1 saturated carbocycles. The fourth-order valence-electron chi connectivity index (χ4n) is 2.41. The summed E-state index contributed by atoms with van der Waals surface area (Å²) >= 11 is 0. The molecule has 1 N–H and O–H groups in total. The first-order chi connectivity index (χ1) is 9.34. The Morgan fingerprint density at radius 3 is 2.89 bits per heavy atom. The molecule has 0 saturated heterocycles. The minimum Gasteiger partial charge on any atom is -0.354 e. The molecule has 0 bridgehead atoms. The summed E-state index contributed by atoms with van der Waals surface area (Å²) in [4.78, 5) is 12.0. The molecule has 2 atom stereocenters. The van der Waals surface area contributed by atoms with E-state index in [-0.39, 0.29) is 11.8 Å². The third-order valence-corrected chi connectivity index (χ3v) is 3.55. The zero-order valence-corrected chi connectivity index (χ0v) is 10.7. The molecule has 1 aromatic carbocycles. The van der Waals surface area contributed by atoms with Crippen molar-refractivity contribution in [3.05, 3.63) is 54.4 Å². The molecule has 4 heteroatoms. The Morgan fingerprint density at radius 2 is 2.16 bits per heavy atom. The average Bonchev–Trinajstić information content (AvgIpc) is 3.09. The molecule has 1 amide bonds. The zero-order chi connectivity index (χ0) is 13.1. The van der Waals surface area contributed by atoms with E-state index in [1.807, 2.05) is 35.1 Å². The van der Waals surface area contributed by atoms with Crippen LogP contribution in [0.1, 0.15) is 17.9 Å². The van der Waals surface area contributed by atoms with Gasteiger partial charge in [-0.1, -0.05) is 30.3 Å². The van der Waals surface area contributed by atoms with E-state index in [0.29, 0.717) is 12.5 Å². The van der Waals surface area contributed by atoms with Gasteiger partial charge >= 0.3 is 0 Å². The monoisotopic (exact) mass is 255 g/mol. The van der Waals surface area contributed by atoms with Crippen LogP contribution >= 0.6 is 0 Å². The highest BCUT2D eigenvalue weighted by atomic mass is 16.2. The maximum Gasteiger partial charge on any atom is 0.223 e. The van der Waals surface area contributed by atoms with Crippen molar-refractivity contribution >= 4 is 5.91 Å². The van der Waals surface area contributed by atoms with Gasteiger partial charge in [0.05, 0.1) is 6.54 Å². The van der Waals surface area contributed by atoms with Crippen molar-refractivity contribution in [2.75, 3.05) is 6.54 Å². The van der Waals surface area contributed by atoms with Crippen LogP contribution in [-0.2, 0) is 11.3 Å². The van der Waals surface area contributed by atoms with Crippen LogP contribution in [0, 0.1) is 5.92 Å². The van der Waals surface area contributed by atoms with Crippen molar-refractivity contribution < 1.29 is 4.79 Å². The van der Waals surface area contributed by atoms with Gasteiger partial charge in [0.1, 0.15) is 0 Å². The van der Waals surface area contributed by atoms with Crippen molar-refractivity contribution in [2.45, 2.75) is 18.9 Å². The molecule has 4 nitrogen and oxygen atoms in total. The van der Waals surface area contributed by atoms with Gasteiger partial charge in [-0.2, -0.15) is 5.10 Å². The summed E-state index contributed by atoms with van der Waals surface area (Å²) < 4.78 is 1.82. The SMILES string of the molecule is O=C(NCCn1cccn1)[C@@H]1C[C@H]1c1ccccc1. The Morgan fingerprint density at radius 1 is 1.32 bits per heavy atom. The summed E-state index contributed by atoms with van der Waals surface area (Å²) in [6.45, 7) is 1.36. The van der Waals surface area contributed by atoms with Crippen molar-refractivity contribution in [1.82, 2.24) is 15.1 Å². The lowest BCUT2D eigenvalue weighted by atomic mass is 10.1. The molecule has 0 unspecified atom stereocenters. The van der Waals surface area contributed by atoms with E-state index in [1.165, 1.54) is 5.56 Å². The van der Waals surface area contributed by atoms with Crippen LogP contribution in [0.25, 0.3) is 0 Å². The molecule has 19 heavy (non-hydrogen) atoms. The molecular weight excluding hydrogens is 238 g/mol. The van der Waals surface area contributed by atoms with Crippen LogP contribution in [0.5, 0.6) is 0 Å². The largest absolute Gasteiger partial charge is 0.354 e. The highest BCUT2D eigenvalue weighted by Crippen LogP contribution is 2.47. The van der Waals surface area contributed by atoms with Gasteiger partial charge in [0.25, 0.3) is 0 Å². The van der Waals surface area contributed by atoms with Gasteiger partial charge in [-0.15, -0.1) is 0 Å². The van der Waals surface area contributed by atoms with Gasteiger partial charge in [-0.3, -0.25) is 9.48 Å². The highest BCUT2D eigenvalue weighted by Gasteiger charge is 2.43. The number of aromatic nitrogens is 2. The Bertz CT molecular complexity index is 536. The Balaban J connectivity index is 1.45. The minimum absolute atomic E-state index is 0.153. The molecular formula is C15H17N3O. The van der Waals surface area contributed by atoms with Crippen LogP contribution < -0.4 is 5.32 Å². The van der Waals surface area contributed by atoms with Gasteiger partial charge in [0.15, 0.2) is 0 Å². The molecule has 1 heterocycles. The molecule has 1 aromatic heterocycles. The lowest BCUT2D eigenvalue weighted by Crippen LogP contribution is -2.29. The maximum absolute atomic E-state index is 12.0. The highest BCUT2D eigenvalue weighted by molar-refractivity contribution is 5.82. The standard InChI is InChI=1S/C15H17N3O/c19-15(16-8-10-18-9-4-7-17-18)14-11-13(14)12-5-2-1-3-6-12/h1-7,9,13-14H,8,10-11H2,(H,16,19)/t13-,14+/m0/s1. The van der Waals surface area contributed by atoms with Crippen LogP contribution in [0.3, 0.4) is 0 Å². The molecule has 1 aliphatic carbocycles. The molecule has 1 aliphatic rings. The fraction of sp³-hybridized carbons (Fsp3) is 0.333. The second-order valence-electron chi connectivity index (χ2n) is 4.92. The van der Waals surface area contributed by atoms with E-state index in [0.717, 1.165) is 13.0 Å². The summed E-state index contributed by atoms with van der Waals surface area (Å²) in [5.74, 6) is 0.729. The van der Waals surface area contributed by atoms with Gasteiger partial charge in [0.2, 0.25) is 5.91 Å². The molecule has 0 aliphatic heterocycles. The second kappa shape index (κ2) is 5.26. The summed E-state index contributed by atoms with van der Waals surface area (Å²) in [6, 6.07) is 12.1. The normalized spacial score (nSPS) is 21.1. The quantitative estimate of drug-likeness (QED) is 0.885. The summed E-state index contributed by atoms with van der Waals surface area (Å²) in [7, 11) is 0. The predicted octanol–water partition coefficient (Wildman–Crippen LogP) is 1.80. The molecule has 3 rings (SSSR count). The zero-order valence-electron chi connectivity index (χ0n) is 10.7. The van der Waals surface area contributed by atoms with Gasteiger partial charge in [-0.25, -0.2) is 0 Å². The first kappa shape index (κ1) is 12.0. The number of rotatable bonds is 5. The van der Waals surface area contributed by atoms with E-state index >= 15 is 0 Å². The topological polar surface area (TPSA) is 46.9 Å². The third kappa shape index (κ3) is 2.84.